The minimum atomic E-state index is 0.478. The summed E-state index contributed by atoms with van der Waals surface area (Å²) in [4.78, 5) is 15.6. The van der Waals surface area contributed by atoms with Crippen LogP contribution in [0, 0.1) is 4.91 Å². The Kier molecular flexibility index (Phi) is 3.97. The first-order chi connectivity index (χ1) is 10.3. The Morgan fingerprint density at radius 2 is 1.67 bits per heavy atom. The molecule has 1 fully saturated rings. The monoisotopic (exact) mass is 281 g/mol. The lowest BCUT2D eigenvalue weighted by molar-refractivity contribution is 0.313. The van der Waals surface area contributed by atoms with Crippen LogP contribution in [0.3, 0.4) is 0 Å². The minimum absolute atomic E-state index is 0.478. The molecule has 108 valence electrons. The standard InChI is InChI=1S/C17H19N3O/c1-19-9-11-20(12-10-19)17-8-7-15(18-21)13-16(17)14-5-3-2-4-6-14/h2-8,13H,9-12H2,1H3. The molecule has 3 rings (SSSR count). The summed E-state index contributed by atoms with van der Waals surface area (Å²) >= 11 is 0. The van der Waals surface area contributed by atoms with Crippen molar-refractivity contribution in [2.45, 2.75) is 0 Å². The zero-order chi connectivity index (χ0) is 14.7. The number of hydrogen-bond donors (Lipinski definition) is 0. The summed E-state index contributed by atoms with van der Waals surface area (Å²) in [6.07, 6.45) is 0. The van der Waals surface area contributed by atoms with E-state index in [-0.39, 0.29) is 0 Å². The lowest BCUT2D eigenvalue weighted by Crippen LogP contribution is -2.44. The maximum atomic E-state index is 10.9. The van der Waals surface area contributed by atoms with Crippen LogP contribution in [-0.2, 0) is 0 Å². The molecule has 0 spiro atoms. The molecule has 0 aromatic heterocycles. The fourth-order valence-electron chi connectivity index (χ4n) is 2.75. The first-order valence-corrected chi connectivity index (χ1v) is 7.24. The Bertz CT molecular complexity index is 619. The van der Waals surface area contributed by atoms with Crippen molar-refractivity contribution in [2.24, 2.45) is 5.18 Å². The van der Waals surface area contributed by atoms with Gasteiger partial charge in [-0.2, -0.15) is 0 Å². The van der Waals surface area contributed by atoms with E-state index in [0.29, 0.717) is 5.69 Å². The minimum Gasteiger partial charge on any atom is -0.368 e. The number of likely N-dealkylation sites (N-methyl/N-ethyl adjacent to an activating group) is 1. The number of nitrogens with zero attached hydrogens (tertiary/aromatic N) is 3. The second-order valence-electron chi connectivity index (χ2n) is 5.45. The molecule has 0 N–H and O–H groups in total. The van der Waals surface area contributed by atoms with E-state index >= 15 is 0 Å². The molecule has 2 aromatic rings. The van der Waals surface area contributed by atoms with Gasteiger partial charge in [0.25, 0.3) is 0 Å². The van der Waals surface area contributed by atoms with Crippen molar-refractivity contribution >= 4 is 11.4 Å². The normalized spacial score (nSPS) is 16.0. The molecule has 1 heterocycles. The summed E-state index contributed by atoms with van der Waals surface area (Å²) < 4.78 is 0. The first-order valence-electron chi connectivity index (χ1n) is 7.24. The predicted molar refractivity (Wildman–Crippen MR) is 87.0 cm³/mol. The van der Waals surface area contributed by atoms with Crippen LogP contribution in [0.25, 0.3) is 11.1 Å². The maximum Gasteiger partial charge on any atom is 0.108 e. The van der Waals surface area contributed by atoms with Gasteiger partial charge in [0.05, 0.1) is 0 Å². The maximum absolute atomic E-state index is 10.9. The van der Waals surface area contributed by atoms with Crippen molar-refractivity contribution in [3.63, 3.8) is 0 Å². The van der Waals surface area contributed by atoms with Crippen LogP contribution < -0.4 is 4.90 Å². The van der Waals surface area contributed by atoms with E-state index in [9.17, 15) is 4.91 Å². The van der Waals surface area contributed by atoms with Crippen LogP contribution in [0.1, 0.15) is 0 Å². The summed E-state index contributed by atoms with van der Waals surface area (Å²) in [6.45, 7) is 4.12. The van der Waals surface area contributed by atoms with Gasteiger partial charge in [-0.05, 0) is 36.0 Å². The molecule has 21 heavy (non-hydrogen) atoms. The van der Waals surface area contributed by atoms with Crippen molar-refractivity contribution in [3.8, 4) is 11.1 Å². The van der Waals surface area contributed by atoms with E-state index in [1.807, 2.05) is 30.3 Å². The number of benzene rings is 2. The third-order valence-electron chi connectivity index (χ3n) is 4.01. The van der Waals surface area contributed by atoms with E-state index in [1.54, 1.807) is 6.07 Å². The zero-order valence-electron chi connectivity index (χ0n) is 12.2. The molecule has 1 saturated heterocycles. The van der Waals surface area contributed by atoms with Crippen molar-refractivity contribution in [2.75, 3.05) is 38.1 Å². The van der Waals surface area contributed by atoms with Crippen LogP contribution in [0.15, 0.2) is 53.7 Å². The second kappa shape index (κ2) is 6.06. The first kappa shape index (κ1) is 13.8. The molecule has 0 aliphatic carbocycles. The Morgan fingerprint density at radius 3 is 2.33 bits per heavy atom. The molecular weight excluding hydrogens is 262 g/mol. The topological polar surface area (TPSA) is 35.9 Å². The molecule has 0 radical (unpaired) electrons. The zero-order valence-corrected chi connectivity index (χ0v) is 12.2. The van der Waals surface area contributed by atoms with Crippen molar-refractivity contribution in [1.82, 2.24) is 4.90 Å². The summed E-state index contributed by atoms with van der Waals surface area (Å²) in [5, 5.41) is 3.08. The molecule has 0 unspecified atom stereocenters. The SMILES string of the molecule is CN1CCN(c2ccc(N=O)cc2-c2ccccc2)CC1. The highest BCUT2D eigenvalue weighted by atomic mass is 16.3. The Labute approximate surface area is 125 Å². The Morgan fingerprint density at radius 1 is 0.952 bits per heavy atom. The largest absolute Gasteiger partial charge is 0.368 e. The van der Waals surface area contributed by atoms with E-state index in [1.165, 1.54) is 5.69 Å². The van der Waals surface area contributed by atoms with E-state index in [2.05, 4.69) is 34.2 Å². The molecule has 0 atom stereocenters. The molecule has 0 saturated carbocycles. The second-order valence-corrected chi connectivity index (χ2v) is 5.45. The highest BCUT2D eigenvalue weighted by Crippen LogP contribution is 2.34. The van der Waals surface area contributed by atoms with Gasteiger partial charge in [0.1, 0.15) is 5.69 Å². The van der Waals surface area contributed by atoms with Crippen molar-refractivity contribution in [1.29, 1.82) is 0 Å². The van der Waals surface area contributed by atoms with Gasteiger partial charge in [-0.3, -0.25) is 0 Å². The molecule has 0 bridgehead atoms. The highest BCUT2D eigenvalue weighted by Gasteiger charge is 2.18. The summed E-state index contributed by atoms with van der Waals surface area (Å²) in [7, 11) is 2.15. The number of rotatable bonds is 3. The summed E-state index contributed by atoms with van der Waals surface area (Å²) in [5.41, 5.74) is 3.86. The predicted octanol–water partition coefficient (Wildman–Crippen LogP) is 3.50. The summed E-state index contributed by atoms with van der Waals surface area (Å²) in [6, 6.07) is 15.9. The molecule has 1 aliphatic heterocycles. The Balaban J connectivity index is 2.01. The molecule has 0 amide bonds. The highest BCUT2D eigenvalue weighted by molar-refractivity contribution is 5.81. The number of hydrogen-bond acceptors (Lipinski definition) is 4. The van der Waals surface area contributed by atoms with Crippen LogP contribution in [0.4, 0.5) is 11.4 Å². The quantitative estimate of drug-likeness (QED) is 0.808. The van der Waals surface area contributed by atoms with Crippen molar-refractivity contribution < 1.29 is 0 Å². The number of piperazine rings is 1. The summed E-state index contributed by atoms with van der Waals surface area (Å²) in [5.74, 6) is 0. The molecule has 1 aliphatic rings. The van der Waals surface area contributed by atoms with Gasteiger partial charge in [0.2, 0.25) is 0 Å². The lowest BCUT2D eigenvalue weighted by atomic mass is 10.0. The average molecular weight is 281 g/mol. The molecule has 4 heteroatoms. The van der Waals surface area contributed by atoms with Gasteiger partial charge in [0, 0.05) is 37.4 Å². The van der Waals surface area contributed by atoms with Gasteiger partial charge in [-0.25, -0.2) is 0 Å². The van der Waals surface area contributed by atoms with Gasteiger partial charge >= 0.3 is 0 Å². The lowest BCUT2D eigenvalue weighted by Gasteiger charge is -2.35. The van der Waals surface area contributed by atoms with Gasteiger partial charge < -0.3 is 9.80 Å². The third-order valence-corrected chi connectivity index (χ3v) is 4.01. The van der Waals surface area contributed by atoms with E-state index < -0.39 is 0 Å². The van der Waals surface area contributed by atoms with Crippen LogP contribution in [0.5, 0.6) is 0 Å². The van der Waals surface area contributed by atoms with Crippen LogP contribution in [-0.4, -0.2) is 38.1 Å². The van der Waals surface area contributed by atoms with Gasteiger partial charge in [-0.1, -0.05) is 30.3 Å². The van der Waals surface area contributed by atoms with E-state index in [0.717, 1.165) is 37.3 Å². The fraction of sp³-hybridized carbons (Fsp3) is 0.294. The van der Waals surface area contributed by atoms with Crippen LogP contribution in [0.2, 0.25) is 0 Å². The van der Waals surface area contributed by atoms with Crippen LogP contribution >= 0.6 is 0 Å². The molecular formula is C17H19N3O. The van der Waals surface area contributed by atoms with Crippen molar-refractivity contribution in [3.05, 3.63) is 53.4 Å². The fourth-order valence-corrected chi connectivity index (χ4v) is 2.75. The van der Waals surface area contributed by atoms with Gasteiger partial charge in [0.15, 0.2) is 0 Å². The van der Waals surface area contributed by atoms with E-state index in [4.69, 9.17) is 0 Å². The molecule has 4 nitrogen and oxygen atoms in total. The number of anilines is 1. The average Bonchev–Trinajstić information content (AvgIpc) is 2.56. The van der Waals surface area contributed by atoms with Gasteiger partial charge in [-0.15, -0.1) is 4.91 Å². The smallest absolute Gasteiger partial charge is 0.108 e. The Hall–Kier alpha value is -2.20. The molecule has 2 aromatic carbocycles. The number of nitroso groups, excluding NO2 is 1. The third kappa shape index (κ3) is 2.95.